The van der Waals surface area contributed by atoms with E-state index in [9.17, 15) is 0 Å². The maximum atomic E-state index is 8.52. The van der Waals surface area contributed by atoms with E-state index < -0.39 is 0 Å². The first kappa shape index (κ1) is 10.4. The van der Waals surface area contributed by atoms with Gasteiger partial charge >= 0.3 is 0 Å². The maximum absolute atomic E-state index is 8.52. The lowest BCUT2D eigenvalue weighted by Crippen LogP contribution is -2.27. The third-order valence-electron chi connectivity index (χ3n) is 1.54. The van der Waals surface area contributed by atoms with E-state index in [2.05, 4.69) is 11.4 Å². The summed E-state index contributed by atoms with van der Waals surface area (Å²) in [5.74, 6) is 0. The van der Waals surface area contributed by atoms with Gasteiger partial charge in [0.1, 0.15) is 0 Å². The van der Waals surface area contributed by atoms with Gasteiger partial charge in [-0.05, 0) is 25.8 Å². The molecule has 0 aromatic heterocycles. The van der Waals surface area contributed by atoms with Crippen LogP contribution in [0.15, 0.2) is 0 Å². The quantitative estimate of drug-likeness (QED) is 0.555. The molecule has 0 rings (SSSR count). The average Bonchev–Trinajstić information content (AvgIpc) is 2.05. The van der Waals surface area contributed by atoms with Crippen molar-refractivity contribution in [1.82, 2.24) is 5.32 Å². The summed E-state index contributed by atoms with van der Waals surface area (Å²) in [6.45, 7) is 3.05. The van der Waals surface area contributed by atoms with E-state index in [0.717, 1.165) is 25.8 Å². The standard InChI is InChI=1S/C8H16N2O/c1-2-8(7-9)10-5-3-4-6-11/h8,10-11H,2-6H2,1H3. The summed E-state index contributed by atoms with van der Waals surface area (Å²) in [5.41, 5.74) is 0. The fourth-order valence-corrected chi connectivity index (χ4v) is 0.794. The first-order valence-corrected chi connectivity index (χ1v) is 4.09. The van der Waals surface area contributed by atoms with E-state index in [1.165, 1.54) is 0 Å². The Morgan fingerprint density at radius 1 is 1.55 bits per heavy atom. The van der Waals surface area contributed by atoms with Crippen LogP contribution in [0.2, 0.25) is 0 Å². The predicted molar refractivity (Wildman–Crippen MR) is 44.0 cm³/mol. The second-order valence-corrected chi connectivity index (χ2v) is 2.47. The molecule has 0 spiro atoms. The van der Waals surface area contributed by atoms with Gasteiger partial charge in [-0.1, -0.05) is 6.92 Å². The van der Waals surface area contributed by atoms with Crippen molar-refractivity contribution in [2.45, 2.75) is 32.2 Å². The Balaban J connectivity index is 3.16. The van der Waals surface area contributed by atoms with Crippen LogP contribution in [-0.2, 0) is 0 Å². The number of hydrogen-bond acceptors (Lipinski definition) is 3. The fourth-order valence-electron chi connectivity index (χ4n) is 0.794. The van der Waals surface area contributed by atoms with Crippen LogP contribution in [0.1, 0.15) is 26.2 Å². The van der Waals surface area contributed by atoms with Crippen LogP contribution in [0, 0.1) is 11.3 Å². The third-order valence-corrected chi connectivity index (χ3v) is 1.54. The minimum Gasteiger partial charge on any atom is -0.396 e. The van der Waals surface area contributed by atoms with E-state index in [-0.39, 0.29) is 12.6 Å². The molecule has 0 bridgehead atoms. The van der Waals surface area contributed by atoms with Crippen LogP contribution < -0.4 is 5.32 Å². The Morgan fingerprint density at radius 3 is 2.73 bits per heavy atom. The van der Waals surface area contributed by atoms with E-state index in [4.69, 9.17) is 10.4 Å². The zero-order chi connectivity index (χ0) is 8.53. The highest BCUT2D eigenvalue weighted by atomic mass is 16.2. The maximum Gasteiger partial charge on any atom is 0.0950 e. The topological polar surface area (TPSA) is 56.0 Å². The van der Waals surface area contributed by atoms with Gasteiger partial charge in [0.2, 0.25) is 0 Å². The number of aliphatic hydroxyl groups is 1. The Bertz CT molecular complexity index is 120. The number of aliphatic hydroxyl groups excluding tert-OH is 1. The molecular formula is C8H16N2O. The first-order valence-electron chi connectivity index (χ1n) is 4.09. The molecule has 0 saturated heterocycles. The molecule has 0 aromatic rings. The summed E-state index contributed by atoms with van der Waals surface area (Å²) in [5, 5.41) is 20.1. The molecule has 3 heteroatoms. The van der Waals surface area contributed by atoms with Gasteiger partial charge in [-0.15, -0.1) is 0 Å². The molecule has 3 nitrogen and oxygen atoms in total. The Hall–Kier alpha value is -0.590. The zero-order valence-electron chi connectivity index (χ0n) is 7.01. The van der Waals surface area contributed by atoms with Gasteiger partial charge < -0.3 is 10.4 Å². The minimum atomic E-state index is -0.0197. The molecule has 0 aromatic carbocycles. The molecule has 0 aliphatic heterocycles. The lowest BCUT2D eigenvalue weighted by Gasteiger charge is -2.07. The van der Waals surface area contributed by atoms with Crippen LogP contribution in [-0.4, -0.2) is 24.3 Å². The summed E-state index contributed by atoms with van der Waals surface area (Å²) in [7, 11) is 0. The number of hydrogen-bond donors (Lipinski definition) is 2. The molecular weight excluding hydrogens is 140 g/mol. The van der Waals surface area contributed by atoms with Crippen molar-refractivity contribution in [2.24, 2.45) is 0 Å². The summed E-state index contributed by atoms with van der Waals surface area (Å²) in [6.07, 6.45) is 2.60. The van der Waals surface area contributed by atoms with Crippen LogP contribution in [0.5, 0.6) is 0 Å². The smallest absolute Gasteiger partial charge is 0.0950 e. The van der Waals surface area contributed by atoms with Crippen molar-refractivity contribution in [3.8, 4) is 6.07 Å². The van der Waals surface area contributed by atoms with Crippen LogP contribution in [0.3, 0.4) is 0 Å². The summed E-state index contributed by atoms with van der Waals surface area (Å²) >= 11 is 0. The normalized spacial score (nSPS) is 12.5. The number of unbranched alkanes of at least 4 members (excludes halogenated alkanes) is 1. The second-order valence-electron chi connectivity index (χ2n) is 2.47. The van der Waals surface area contributed by atoms with Gasteiger partial charge in [-0.25, -0.2) is 0 Å². The van der Waals surface area contributed by atoms with Crippen molar-refractivity contribution in [3.05, 3.63) is 0 Å². The molecule has 0 radical (unpaired) electrons. The third kappa shape index (κ3) is 5.84. The van der Waals surface area contributed by atoms with Gasteiger partial charge in [0.05, 0.1) is 12.1 Å². The van der Waals surface area contributed by atoms with Gasteiger partial charge in [0.15, 0.2) is 0 Å². The van der Waals surface area contributed by atoms with Gasteiger partial charge in [0, 0.05) is 6.61 Å². The predicted octanol–water partition coefficient (Wildman–Crippen LogP) is 0.651. The average molecular weight is 156 g/mol. The first-order chi connectivity index (χ1) is 5.35. The number of nitrogens with zero attached hydrogens (tertiary/aromatic N) is 1. The largest absolute Gasteiger partial charge is 0.396 e. The molecule has 0 fully saturated rings. The SMILES string of the molecule is CCC(C#N)NCCCCO. The molecule has 2 N–H and O–H groups in total. The van der Waals surface area contributed by atoms with E-state index in [1.807, 2.05) is 6.92 Å². The molecule has 64 valence electrons. The van der Waals surface area contributed by atoms with Crippen molar-refractivity contribution in [1.29, 1.82) is 5.26 Å². The molecule has 1 unspecified atom stereocenters. The molecule has 0 aliphatic carbocycles. The highest BCUT2D eigenvalue weighted by Crippen LogP contribution is 1.90. The summed E-state index contributed by atoms with van der Waals surface area (Å²) in [4.78, 5) is 0. The van der Waals surface area contributed by atoms with Gasteiger partial charge in [0.25, 0.3) is 0 Å². The van der Waals surface area contributed by atoms with Gasteiger partial charge in [-0.2, -0.15) is 5.26 Å². The van der Waals surface area contributed by atoms with Crippen LogP contribution in [0.25, 0.3) is 0 Å². The van der Waals surface area contributed by atoms with E-state index >= 15 is 0 Å². The van der Waals surface area contributed by atoms with Gasteiger partial charge in [-0.3, -0.25) is 0 Å². The highest BCUT2D eigenvalue weighted by molar-refractivity contribution is 4.87. The fraction of sp³-hybridized carbons (Fsp3) is 0.875. The molecule has 11 heavy (non-hydrogen) atoms. The molecule has 0 heterocycles. The van der Waals surface area contributed by atoms with Crippen molar-refractivity contribution < 1.29 is 5.11 Å². The Labute approximate surface area is 68.0 Å². The monoisotopic (exact) mass is 156 g/mol. The zero-order valence-corrected chi connectivity index (χ0v) is 7.01. The highest BCUT2D eigenvalue weighted by Gasteiger charge is 2.00. The molecule has 1 atom stereocenters. The van der Waals surface area contributed by atoms with Crippen molar-refractivity contribution in [2.75, 3.05) is 13.2 Å². The minimum absolute atomic E-state index is 0.0197. The second kappa shape index (κ2) is 7.52. The molecule has 0 saturated carbocycles. The van der Waals surface area contributed by atoms with Crippen molar-refractivity contribution >= 4 is 0 Å². The number of rotatable bonds is 6. The number of nitriles is 1. The van der Waals surface area contributed by atoms with Crippen molar-refractivity contribution in [3.63, 3.8) is 0 Å². The lowest BCUT2D eigenvalue weighted by atomic mass is 10.2. The van der Waals surface area contributed by atoms with E-state index in [0.29, 0.717) is 0 Å². The van der Waals surface area contributed by atoms with Crippen LogP contribution >= 0.6 is 0 Å². The molecule has 0 amide bonds. The summed E-state index contributed by atoms with van der Waals surface area (Å²) in [6, 6.07) is 2.14. The Morgan fingerprint density at radius 2 is 2.27 bits per heavy atom. The lowest BCUT2D eigenvalue weighted by molar-refractivity contribution is 0.283. The molecule has 0 aliphatic rings. The van der Waals surface area contributed by atoms with Crippen LogP contribution in [0.4, 0.5) is 0 Å². The number of nitrogens with one attached hydrogen (secondary N) is 1. The summed E-state index contributed by atoms with van der Waals surface area (Å²) < 4.78 is 0. The Kier molecular flexibility index (Phi) is 7.11. The van der Waals surface area contributed by atoms with E-state index in [1.54, 1.807) is 0 Å².